The quantitative estimate of drug-likeness (QED) is 0.732. The molecule has 20 heavy (non-hydrogen) atoms. The number of ether oxygens (including phenoxy) is 1. The maximum Gasteiger partial charge on any atom is 0.407 e. The zero-order chi connectivity index (χ0) is 13.5. The molecule has 1 amide bonds. The second-order valence-electron chi connectivity index (χ2n) is 5.37. The second-order valence-corrected chi connectivity index (χ2v) is 5.37. The van der Waals surface area contributed by atoms with Crippen molar-refractivity contribution in [3.8, 4) is 11.1 Å². The first-order valence-electron chi connectivity index (χ1n) is 6.96. The molecule has 1 aliphatic carbocycles. The minimum absolute atomic E-state index is 0.0743. The summed E-state index contributed by atoms with van der Waals surface area (Å²) in [4.78, 5) is 11.3. The molecule has 0 unspecified atom stereocenters. The molecule has 1 saturated heterocycles. The van der Waals surface area contributed by atoms with Crippen LogP contribution in [0.15, 0.2) is 42.5 Å². The minimum atomic E-state index is -0.315. The largest absolute Gasteiger partial charge is 0.449 e. The Bertz CT molecular complexity index is 693. The molecule has 4 rings (SSSR count). The van der Waals surface area contributed by atoms with E-state index in [0.29, 0.717) is 6.61 Å². The van der Waals surface area contributed by atoms with Crippen molar-refractivity contribution in [3.63, 3.8) is 0 Å². The standard InChI is InChI=1S/C17H15NO2/c19-17-18-16(7-8-20-17)12-5-6-15-13(10-12)9-11-3-1-2-4-14(11)15/h1-6,10,16H,7-9H2,(H,18,19)/t16-/m1/s1. The highest BCUT2D eigenvalue weighted by Gasteiger charge is 2.23. The second kappa shape index (κ2) is 4.37. The highest BCUT2D eigenvalue weighted by Crippen LogP contribution is 2.37. The summed E-state index contributed by atoms with van der Waals surface area (Å²) in [6.45, 7) is 0.494. The maximum atomic E-state index is 11.3. The summed E-state index contributed by atoms with van der Waals surface area (Å²) in [5.74, 6) is 0. The Balaban J connectivity index is 1.70. The van der Waals surface area contributed by atoms with E-state index >= 15 is 0 Å². The van der Waals surface area contributed by atoms with Gasteiger partial charge in [0.2, 0.25) is 0 Å². The summed E-state index contributed by atoms with van der Waals surface area (Å²) < 4.78 is 4.92. The zero-order valence-electron chi connectivity index (χ0n) is 11.1. The van der Waals surface area contributed by atoms with E-state index in [1.54, 1.807) is 0 Å². The van der Waals surface area contributed by atoms with Crippen molar-refractivity contribution < 1.29 is 9.53 Å². The molecule has 2 aromatic carbocycles. The Labute approximate surface area is 117 Å². The van der Waals surface area contributed by atoms with Crippen LogP contribution >= 0.6 is 0 Å². The molecular formula is C17H15NO2. The molecule has 2 aliphatic rings. The Hall–Kier alpha value is -2.29. The maximum absolute atomic E-state index is 11.3. The number of fused-ring (bicyclic) bond motifs is 3. The molecule has 2 aromatic rings. The first-order chi connectivity index (χ1) is 9.81. The molecule has 1 heterocycles. The van der Waals surface area contributed by atoms with Gasteiger partial charge in [0.25, 0.3) is 0 Å². The predicted molar refractivity (Wildman–Crippen MR) is 76.5 cm³/mol. The third-order valence-corrected chi connectivity index (χ3v) is 4.15. The van der Waals surface area contributed by atoms with Crippen molar-refractivity contribution >= 4 is 6.09 Å². The number of carbonyl (C=O) groups is 1. The number of cyclic esters (lactones) is 1. The lowest BCUT2D eigenvalue weighted by Gasteiger charge is -2.24. The lowest BCUT2D eigenvalue weighted by molar-refractivity contribution is 0.115. The Morgan fingerprint density at radius 3 is 2.80 bits per heavy atom. The van der Waals surface area contributed by atoms with E-state index in [0.717, 1.165) is 12.8 Å². The molecule has 3 heteroatoms. The number of hydrogen-bond donors (Lipinski definition) is 1. The molecule has 0 spiro atoms. The fourth-order valence-electron chi connectivity index (χ4n) is 3.16. The Kier molecular flexibility index (Phi) is 2.52. The molecule has 1 N–H and O–H groups in total. The number of rotatable bonds is 1. The summed E-state index contributed by atoms with van der Waals surface area (Å²) in [6.07, 6.45) is 1.50. The number of carbonyl (C=O) groups excluding carboxylic acids is 1. The molecule has 3 nitrogen and oxygen atoms in total. The van der Waals surface area contributed by atoms with E-state index in [4.69, 9.17) is 4.74 Å². The number of nitrogens with one attached hydrogen (secondary N) is 1. The van der Waals surface area contributed by atoms with Gasteiger partial charge in [-0.05, 0) is 34.2 Å². The molecule has 1 atom stereocenters. The van der Waals surface area contributed by atoms with Crippen LogP contribution in [0.5, 0.6) is 0 Å². The summed E-state index contributed by atoms with van der Waals surface area (Å²) in [5.41, 5.74) is 6.57. The third-order valence-electron chi connectivity index (χ3n) is 4.15. The molecule has 0 aromatic heterocycles. The first kappa shape index (κ1) is 11.5. The topological polar surface area (TPSA) is 38.3 Å². The fraction of sp³-hybridized carbons (Fsp3) is 0.235. The van der Waals surface area contributed by atoms with Gasteiger partial charge in [-0.1, -0.05) is 42.5 Å². The van der Waals surface area contributed by atoms with Gasteiger partial charge in [0.15, 0.2) is 0 Å². The van der Waals surface area contributed by atoms with Crippen LogP contribution in [-0.2, 0) is 11.2 Å². The molecule has 100 valence electrons. The first-order valence-corrected chi connectivity index (χ1v) is 6.96. The van der Waals surface area contributed by atoms with E-state index in [2.05, 4.69) is 47.8 Å². The summed E-state index contributed by atoms with van der Waals surface area (Å²) in [6, 6.07) is 15.1. The van der Waals surface area contributed by atoms with Gasteiger partial charge in [-0.2, -0.15) is 0 Å². The average Bonchev–Trinajstić information content (AvgIpc) is 2.85. The van der Waals surface area contributed by atoms with Crippen molar-refractivity contribution in [2.24, 2.45) is 0 Å². The summed E-state index contributed by atoms with van der Waals surface area (Å²) in [5, 5.41) is 2.88. The van der Waals surface area contributed by atoms with Gasteiger partial charge < -0.3 is 10.1 Å². The van der Waals surface area contributed by atoms with Gasteiger partial charge in [-0.15, -0.1) is 0 Å². The van der Waals surface area contributed by atoms with E-state index in [1.165, 1.54) is 27.8 Å². The minimum Gasteiger partial charge on any atom is -0.449 e. The van der Waals surface area contributed by atoms with Crippen LogP contribution in [0.4, 0.5) is 4.79 Å². The van der Waals surface area contributed by atoms with Crippen LogP contribution < -0.4 is 5.32 Å². The van der Waals surface area contributed by atoms with E-state index in [9.17, 15) is 4.79 Å². The van der Waals surface area contributed by atoms with Crippen LogP contribution in [-0.4, -0.2) is 12.7 Å². The SMILES string of the molecule is O=C1N[C@@H](c2ccc3c(c2)Cc2ccccc2-3)CCO1. The van der Waals surface area contributed by atoms with Gasteiger partial charge in [0.05, 0.1) is 12.6 Å². The van der Waals surface area contributed by atoms with Gasteiger partial charge in [0.1, 0.15) is 0 Å². The van der Waals surface area contributed by atoms with E-state index in [1.807, 2.05) is 0 Å². The van der Waals surface area contributed by atoms with Gasteiger partial charge >= 0.3 is 6.09 Å². The molecule has 0 saturated carbocycles. The molecule has 0 bridgehead atoms. The van der Waals surface area contributed by atoms with Crippen molar-refractivity contribution in [2.75, 3.05) is 6.61 Å². The Morgan fingerprint density at radius 1 is 1.05 bits per heavy atom. The highest BCUT2D eigenvalue weighted by atomic mass is 16.5. The zero-order valence-corrected chi connectivity index (χ0v) is 11.1. The Morgan fingerprint density at radius 2 is 1.90 bits per heavy atom. The van der Waals surface area contributed by atoms with Crippen molar-refractivity contribution in [3.05, 3.63) is 59.2 Å². The van der Waals surface area contributed by atoms with Crippen molar-refractivity contribution in [1.82, 2.24) is 5.32 Å². The van der Waals surface area contributed by atoms with Crippen LogP contribution in [0.3, 0.4) is 0 Å². The van der Waals surface area contributed by atoms with Crippen molar-refractivity contribution in [1.29, 1.82) is 0 Å². The molecule has 0 radical (unpaired) electrons. The van der Waals surface area contributed by atoms with Gasteiger partial charge in [-0.3, -0.25) is 0 Å². The monoisotopic (exact) mass is 265 g/mol. The van der Waals surface area contributed by atoms with E-state index in [-0.39, 0.29) is 12.1 Å². The van der Waals surface area contributed by atoms with Crippen LogP contribution in [0.2, 0.25) is 0 Å². The third kappa shape index (κ3) is 1.78. The smallest absolute Gasteiger partial charge is 0.407 e. The summed E-state index contributed by atoms with van der Waals surface area (Å²) >= 11 is 0. The van der Waals surface area contributed by atoms with Crippen LogP contribution in [0, 0.1) is 0 Å². The number of amides is 1. The number of benzene rings is 2. The van der Waals surface area contributed by atoms with Gasteiger partial charge in [-0.25, -0.2) is 4.79 Å². The van der Waals surface area contributed by atoms with Gasteiger partial charge in [0, 0.05) is 6.42 Å². The number of hydrogen-bond acceptors (Lipinski definition) is 2. The number of alkyl carbamates (subject to hydrolysis) is 1. The average molecular weight is 265 g/mol. The normalized spacial score (nSPS) is 19.8. The van der Waals surface area contributed by atoms with E-state index < -0.39 is 0 Å². The lowest BCUT2D eigenvalue weighted by Crippen LogP contribution is -2.35. The molecule has 1 aliphatic heterocycles. The summed E-state index contributed by atoms with van der Waals surface area (Å²) in [7, 11) is 0. The fourth-order valence-corrected chi connectivity index (χ4v) is 3.16. The van der Waals surface area contributed by atoms with Crippen LogP contribution in [0.25, 0.3) is 11.1 Å². The predicted octanol–water partition coefficient (Wildman–Crippen LogP) is 3.43. The van der Waals surface area contributed by atoms with Crippen molar-refractivity contribution in [2.45, 2.75) is 18.9 Å². The molecule has 1 fully saturated rings. The lowest BCUT2D eigenvalue weighted by atomic mass is 9.98. The highest BCUT2D eigenvalue weighted by molar-refractivity contribution is 5.77. The molecular weight excluding hydrogens is 250 g/mol. The van der Waals surface area contributed by atoms with Crippen LogP contribution in [0.1, 0.15) is 29.2 Å².